The molecule has 0 N–H and O–H groups in total. The van der Waals surface area contributed by atoms with E-state index < -0.39 is 0 Å². The van der Waals surface area contributed by atoms with Crippen molar-refractivity contribution in [3.63, 3.8) is 0 Å². The second kappa shape index (κ2) is 5.45. The van der Waals surface area contributed by atoms with Crippen molar-refractivity contribution in [2.24, 2.45) is 0 Å². The number of hydrogen-bond donors (Lipinski definition) is 0. The fraction of sp³-hybridized carbons (Fsp3) is 1.00. The Balaban J connectivity index is 2.34. The molecule has 2 heteroatoms. The molecule has 0 aliphatic heterocycles. The van der Waals surface area contributed by atoms with E-state index in [0.717, 1.165) is 13.0 Å². The minimum atomic E-state index is 0.747. The van der Waals surface area contributed by atoms with Gasteiger partial charge in [-0.2, -0.15) is 0 Å². The Labute approximate surface area is 46.7 Å². The van der Waals surface area contributed by atoms with Crippen LogP contribution in [0.15, 0.2) is 0 Å². The molecule has 0 fully saturated rings. The number of hydrogen-bond acceptors (Lipinski definition) is 1. The molecule has 0 aliphatic carbocycles. The molecule has 0 amide bonds. The van der Waals surface area contributed by atoms with Crippen LogP contribution in [0.2, 0.25) is 0 Å². The van der Waals surface area contributed by atoms with Crippen molar-refractivity contribution in [1.82, 2.24) is 0 Å². The third-order valence-electron chi connectivity index (χ3n) is 0.562. The van der Waals surface area contributed by atoms with E-state index in [-0.39, 0.29) is 0 Å². The quantitative estimate of drug-likeness (QED) is 0.414. The number of rotatable bonds is 3. The van der Waals surface area contributed by atoms with Gasteiger partial charge in [0.2, 0.25) is 0 Å². The summed E-state index contributed by atoms with van der Waals surface area (Å²) in [5, 5.41) is 0. The summed E-state index contributed by atoms with van der Waals surface area (Å²) in [4.78, 5) is 0. The van der Waals surface area contributed by atoms with Gasteiger partial charge in [-0.05, 0) is 0 Å². The maximum atomic E-state index is 4.41. The van der Waals surface area contributed by atoms with Crippen LogP contribution in [0.3, 0.4) is 0 Å². The Morgan fingerprint density at radius 1 is 1.67 bits per heavy atom. The Bertz CT molecular complexity index is 19.5. The molecule has 0 spiro atoms. The van der Waals surface area contributed by atoms with Gasteiger partial charge in [-0.3, -0.25) is 0 Å². The van der Waals surface area contributed by atoms with Crippen molar-refractivity contribution in [1.29, 1.82) is 0 Å². The van der Waals surface area contributed by atoms with Gasteiger partial charge in [0.25, 0.3) is 0 Å². The average Bonchev–Trinajstić information content (AvgIpc) is 1.61. The summed E-state index contributed by atoms with van der Waals surface area (Å²) in [5.74, 6) is 0. The molecular formula is C4H9NiO. The second-order valence-corrected chi connectivity index (χ2v) is 1.43. The second-order valence-electron chi connectivity index (χ2n) is 1.15. The minimum absolute atomic E-state index is 0.747. The summed E-state index contributed by atoms with van der Waals surface area (Å²) < 4.78 is 4.41. The Morgan fingerprint density at radius 2 is 2.33 bits per heavy atom. The zero-order valence-electron chi connectivity index (χ0n) is 3.85. The molecule has 0 aromatic rings. The predicted octanol–water partition coefficient (Wildman–Crippen LogP) is 1.26. The SMILES string of the molecule is CCCC[O][Ni]. The molecule has 0 rings (SSSR count). The molecule has 0 aliphatic rings. The van der Waals surface area contributed by atoms with Crippen molar-refractivity contribution >= 4 is 0 Å². The van der Waals surface area contributed by atoms with Crippen LogP contribution in [0.4, 0.5) is 0 Å². The first-order valence-corrected chi connectivity index (χ1v) is 2.53. The Kier molecular flexibility index (Phi) is 5.87. The van der Waals surface area contributed by atoms with Crippen molar-refractivity contribution in [3.05, 3.63) is 0 Å². The van der Waals surface area contributed by atoms with E-state index in [0.29, 0.717) is 0 Å². The molecule has 6 heavy (non-hydrogen) atoms. The third kappa shape index (κ3) is 4.45. The normalized spacial score (nSPS) is 9.17. The summed E-state index contributed by atoms with van der Waals surface area (Å²) in [6.07, 6.45) is 2.27. The van der Waals surface area contributed by atoms with E-state index in [4.69, 9.17) is 0 Å². The van der Waals surface area contributed by atoms with Crippen molar-refractivity contribution < 1.29 is 19.7 Å². The summed E-state index contributed by atoms with van der Waals surface area (Å²) in [7, 11) is 0. The van der Waals surface area contributed by atoms with Crippen LogP contribution in [-0.4, -0.2) is 6.61 Å². The fourth-order valence-electron chi connectivity index (χ4n) is 0.190. The van der Waals surface area contributed by atoms with Crippen LogP contribution < -0.4 is 0 Å². The van der Waals surface area contributed by atoms with Gasteiger partial charge >= 0.3 is 46.0 Å². The van der Waals surface area contributed by atoms with E-state index in [1.165, 1.54) is 6.42 Å². The predicted molar refractivity (Wildman–Crippen MR) is 20.9 cm³/mol. The van der Waals surface area contributed by atoms with Crippen molar-refractivity contribution in [2.45, 2.75) is 19.8 Å². The molecule has 0 saturated heterocycles. The summed E-state index contributed by atoms with van der Waals surface area (Å²) in [6.45, 7) is 2.86. The van der Waals surface area contributed by atoms with E-state index in [2.05, 4.69) is 26.6 Å². The van der Waals surface area contributed by atoms with E-state index in [1.54, 1.807) is 0 Å². The molecule has 0 atom stereocenters. The average molecular weight is 132 g/mol. The maximum absolute atomic E-state index is 4.41. The fourth-order valence-corrected chi connectivity index (χ4v) is 0.333. The Hall–Kier alpha value is 0.454. The Morgan fingerprint density at radius 3 is 2.50 bits per heavy atom. The van der Waals surface area contributed by atoms with Crippen LogP contribution in [0.1, 0.15) is 19.8 Å². The molecule has 0 aromatic heterocycles. The standard InChI is InChI=1S/C4H9O.Ni/c1-2-3-4-5;/h2-4H2,1H3;/q-1;+1. The molecule has 41 valence electrons. The van der Waals surface area contributed by atoms with E-state index in [9.17, 15) is 0 Å². The zero-order valence-corrected chi connectivity index (χ0v) is 4.83. The van der Waals surface area contributed by atoms with E-state index >= 15 is 0 Å². The van der Waals surface area contributed by atoms with E-state index in [1.807, 2.05) is 0 Å². The molecule has 0 radical (unpaired) electrons. The van der Waals surface area contributed by atoms with Crippen molar-refractivity contribution in [2.75, 3.05) is 6.61 Å². The van der Waals surface area contributed by atoms with Crippen LogP contribution in [0, 0.1) is 0 Å². The summed E-state index contributed by atoms with van der Waals surface area (Å²) in [5.41, 5.74) is 0. The summed E-state index contributed by atoms with van der Waals surface area (Å²) >= 11 is 3.97. The molecule has 0 heterocycles. The van der Waals surface area contributed by atoms with Crippen LogP contribution >= 0.6 is 0 Å². The first-order valence-electron chi connectivity index (χ1n) is 2.12. The molecule has 1 nitrogen and oxygen atoms in total. The molecule has 0 bridgehead atoms. The van der Waals surface area contributed by atoms with Gasteiger partial charge in [-0.15, -0.1) is 0 Å². The van der Waals surface area contributed by atoms with Gasteiger partial charge in [0.1, 0.15) is 0 Å². The third-order valence-corrected chi connectivity index (χ3v) is 0.764. The van der Waals surface area contributed by atoms with Gasteiger partial charge in [0.05, 0.1) is 0 Å². The molecule has 0 unspecified atom stereocenters. The van der Waals surface area contributed by atoms with Crippen LogP contribution in [-0.2, 0) is 19.7 Å². The number of unbranched alkanes of at least 4 members (excludes halogenated alkanes) is 1. The topological polar surface area (TPSA) is 9.23 Å². The summed E-state index contributed by atoms with van der Waals surface area (Å²) in [6, 6.07) is 0. The zero-order chi connectivity index (χ0) is 4.83. The first-order chi connectivity index (χ1) is 2.91. The van der Waals surface area contributed by atoms with Gasteiger partial charge in [0, 0.05) is 0 Å². The molecular weight excluding hydrogens is 123 g/mol. The van der Waals surface area contributed by atoms with Gasteiger partial charge in [0.15, 0.2) is 0 Å². The molecule has 0 saturated carbocycles. The van der Waals surface area contributed by atoms with Gasteiger partial charge in [-0.25, -0.2) is 0 Å². The monoisotopic (exact) mass is 131 g/mol. The molecule has 0 aromatic carbocycles. The van der Waals surface area contributed by atoms with Gasteiger partial charge < -0.3 is 0 Å². The van der Waals surface area contributed by atoms with Crippen molar-refractivity contribution in [3.8, 4) is 0 Å². The van der Waals surface area contributed by atoms with Crippen LogP contribution in [0.5, 0.6) is 0 Å². The first kappa shape index (κ1) is 6.45. The van der Waals surface area contributed by atoms with Crippen LogP contribution in [0.25, 0.3) is 0 Å². The van der Waals surface area contributed by atoms with Gasteiger partial charge in [-0.1, -0.05) is 0 Å².